The van der Waals surface area contributed by atoms with Crippen LogP contribution in [-0.2, 0) is 15.3 Å². The van der Waals surface area contributed by atoms with Gasteiger partial charge in [0.2, 0.25) is 0 Å². The van der Waals surface area contributed by atoms with Gasteiger partial charge in [-0.15, -0.1) is 11.8 Å². The van der Waals surface area contributed by atoms with Crippen LogP contribution in [0.3, 0.4) is 0 Å². The predicted molar refractivity (Wildman–Crippen MR) is 60.7 cm³/mol. The number of unbranched alkanes of at least 4 members (excludes halogenated alkanes) is 1. The molecular weight excluding hydrogens is 212 g/mol. The highest BCUT2D eigenvalue weighted by Gasteiger charge is 2.03. The maximum Gasteiger partial charge on any atom is 0.315 e. The van der Waals surface area contributed by atoms with Gasteiger partial charge in [-0.05, 0) is 18.6 Å². The van der Waals surface area contributed by atoms with Gasteiger partial charge in [0.05, 0.1) is 24.4 Å². The molecule has 1 aromatic heterocycles. The molecule has 0 saturated carbocycles. The summed E-state index contributed by atoms with van der Waals surface area (Å²) in [6.45, 7) is 2.61. The molecule has 84 valence electrons. The number of furan rings is 1. The van der Waals surface area contributed by atoms with Gasteiger partial charge in [0, 0.05) is 0 Å². The summed E-state index contributed by atoms with van der Waals surface area (Å²) in [5.41, 5.74) is 0. The minimum atomic E-state index is -0.139. The van der Waals surface area contributed by atoms with E-state index >= 15 is 0 Å². The summed E-state index contributed by atoms with van der Waals surface area (Å²) in [6, 6.07) is 3.74. The van der Waals surface area contributed by atoms with E-state index in [1.165, 1.54) is 11.8 Å². The Bertz CT molecular complexity index is 269. The van der Waals surface area contributed by atoms with Crippen LogP contribution in [0, 0.1) is 0 Å². The third-order valence-electron chi connectivity index (χ3n) is 1.81. The van der Waals surface area contributed by atoms with Crippen molar-refractivity contribution in [2.45, 2.75) is 25.5 Å². The van der Waals surface area contributed by atoms with Crippen molar-refractivity contribution in [1.29, 1.82) is 0 Å². The first-order valence-electron chi connectivity index (χ1n) is 5.08. The summed E-state index contributed by atoms with van der Waals surface area (Å²) in [7, 11) is 0. The van der Waals surface area contributed by atoms with Crippen LogP contribution in [0.1, 0.15) is 25.5 Å². The minimum Gasteiger partial charge on any atom is -0.468 e. The lowest BCUT2D eigenvalue weighted by Crippen LogP contribution is -2.08. The van der Waals surface area contributed by atoms with Crippen molar-refractivity contribution in [2.75, 3.05) is 12.4 Å². The van der Waals surface area contributed by atoms with Crippen molar-refractivity contribution in [2.24, 2.45) is 0 Å². The lowest BCUT2D eigenvalue weighted by Gasteiger charge is -2.02. The lowest BCUT2D eigenvalue weighted by molar-refractivity contribution is -0.140. The zero-order valence-electron chi connectivity index (χ0n) is 8.90. The van der Waals surface area contributed by atoms with Crippen LogP contribution in [0.25, 0.3) is 0 Å². The number of hydrogen-bond acceptors (Lipinski definition) is 4. The van der Waals surface area contributed by atoms with Gasteiger partial charge in [-0.3, -0.25) is 4.79 Å². The van der Waals surface area contributed by atoms with Crippen LogP contribution in [-0.4, -0.2) is 18.3 Å². The van der Waals surface area contributed by atoms with Gasteiger partial charge in [0.15, 0.2) is 0 Å². The molecule has 1 rings (SSSR count). The number of thioether (sulfide) groups is 1. The average Bonchev–Trinajstić information content (AvgIpc) is 2.71. The number of ether oxygens (including phenoxy) is 1. The van der Waals surface area contributed by atoms with Crippen LogP contribution < -0.4 is 0 Å². The van der Waals surface area contributed by atoms with Crippen LogP contribution in [0.4, 0.5) is 0 Å². The van der Waals surface area contributed by atoms with E-state index in [1.54, 1.807) is 6.26 Å². The Morgan fingerprint density at radius 3 is 3.13 bits per heavy atom. The molecule has 15 heavy (non-hydrogen) atoms. The number of rotatable bonds is 7. The van der Waals surface area contributed by atoms with E-state index in [9.17, 15) is 4.79 Å². The standard InChI is InChI=1S/C11H16O3S/c1-2-3-6-14-11(12)9-15-8-10-5-4-7-13-10/h4-5,7H,2-3,6,8-9H2,1H3. The fourth-order valence-corrected chi connectivity index (χ4v) is 1.72. The summed E-state index contributed by atoms with van der Waals surface area (Å²) in [6.07, 6.45) is 3.62. The molecule has 0 aliphatic heterocycles. The zero-order valence-corrected chi connectivity index (χ0v) is 9.72. The maximum absolute atomic E-state index is 11.2. The summed E-state index contributed by atoms with van der Waals surface area (Å²) >= 11 is 1.51. The largest absolute Gasteiger partial charge is 0.468 e. The molecule has 0 aromatic carbocycles. The highest BCUT2D eigenvalue weighted by molar-refractivity contribution is 7.99. The van der Waals surface area contributed by atoms with Gasteiger partial charge in [-0.2, -0.15) is 0 Å². The molecule has 0 spiro atoms. The first-order valence-corrected chi connectivity index (χ1v) is 6.24. The highest BCUT2D eigenvalue weighted by Crippen LogP contribution is 2.12. The first-order chi connectivity index (χ1) is 7.33. The van der Waals surface area contributed by atoms with Gasteiger partial charge >= 0.3 is 5.97 Å². The molecule has 4 heteroatoms. The van der Waals surface area contributed by atoms with Crippen molar-refractivity contribution in [3.05, 3.63) is 24.2 Å². The van der Waals surface area contributed by atoms with E-state index in [2.05, 4.69) is 6.92 Å². The van der Waals surface area contributed by atoms with Crippen LogP contribution in [0.15, 0.2) is 22.8 Å². The molecule has 0 radical (unpaired) electrons. The van der Waals surface area contributed by atoms with Crippen LogP contribution in [0.2, 0.25) is 0 Å². The molecule has 3 nitrogen and oxygen atoms in total. The second-order valence-electron chi connectivity index (χ2n) is 3.15. The van der Waals surface area contributed by atoms with E-state index in [4.69, 9.17) is 9.15 Å². The number of carbonyl (C=O) groups excluding carboxylic acids is 1. The summed E-state index contributed by atoms with van der Waals surface area (Å²) in [4.78, 5) is 11.2. The molecule has 0 atom stereocenters. The van der Waals surface area contributed by atoms with Gasteiger partial charge in [0.1, 0.15) is 5.76 Å². The number of esters is 1. The molecule has 0 bridgehead atoms. The monoisotopic (exact) mass is 228 g/mol. The second kappa shape index (κ2) is 7.40. The summed E-state index contributed by atoms with van der Waals surface area (Å²) in [5, 5.41) is 0. The van der Waals surface area contributed by atoms with E-state index in [-0.39, 0.29) is 5.97 Å². The third kappa shape index (κ3) is 5.52. The van der Waals surface area contributed by atoms with Crippen molar-refractivity contribution in [1.82, 2.24) is 0 Å². The van der Waals surface area contributed by atoms with Gasteiger partial charge < -0.3 is 9.15 Å². The first kappa shape index (κ1) is 12.2. The Labute approximate surface area is 94.2 Å². The van der Waals surface area contributed by atoms with Crippen LogP contribution >= 0.6 is 11.8 Å². The normalized spacial score (nSPS) is 10.2. The molecule has 0 N–H and O–H groups in total. The van der Waals surface area contributed by atoms with E-state index < -0.39 is 0 Å². The summed E-state index contributed by atoms with van der Waals surface area (Å²) < 4.78 is 10.2. The van der Waals surface area contributed by atoms with Crippen molar-refractivity contribution >= 4 is 17.7 Å². The maximum atomic E-state index is 11.2. The predicted octanol–water partition coefficient (Wildman–Crippen LogP) is 2.86. The lowest BCUT2D eigenvalue weighted by atomic mass is 10.4. The van der Waals surface area contributed by atoms with Crippen molar-refractivity contribution in [3.8, 4) is 0 Å². The smallest absolute Gasteiger partial charge is 0.315 e. The Morgan fingerprint density at radius 2 is 2.47 bits per heavy atom. The molecule has 0 aliphatic rings. The quantitative estimate of drug-likeness (QED) is 0.531. The molecule has 0 unspecified atom stereocenters. The SMILES string of the molecule is CCCCOC(=O)CSCc1ccco1. The zero-order chi connectivity index (χ0) is 10.9. The van der Waals surface area contributed by atoms with Crippen LogP contribution in [0.5, 0.6) is 0 Å². The molecule has 0 saturated heterocycles. The highest BCUT2D eigenvalue weighted by atomic mass is 32.2. The van der Waals surface area contributed by atoms with E-state index in [1.807, 2.05) is 12.1 Å². The van der Waals surface area contributed by atoms with Gasteiger partial charge in [-0.1, -0.05) is 13.3 Å². The van der Waals surface area contributed by atoms with E-state index in [0.717, 1.165) is 24.4 Å². The molecular formula is C11H16O3S. The Balaban J connectivity index is 2.02. The van der Waals surface area contributed by atoms with Crippen molar-refractivity contribution < 1.29 is 13.9 Å². The van der Waals surface area contributed by atoms with E-state index in [0.29, 0.717) is 12.4 Å². The number of hydrogen-bond donors (Lipinski definition) is 0. The molecule has 0 aliphatic carbocycles. The second-order valence-corrected chi connectivity index (χ2v) is 4.13. The van der Waals surface area contributed by atoms with Gasteiger partial charge in [0.25, 0.3) is 0 Å². The molecule has 1 heterocycles. The average molecular weight is 228 g/mol. The fourth-order valence-electron chi connectivity index (χ4n) is 1.00. The Kier molecular flexibility index (Phi) is 6.00. The number of carbonyl (C=O) groups is 1. The van der Waals surface area contributed by atoms with Crippen molar-refractivity contribution in [3.63, 3.8) is 0 Å². The topological polar surface area (TPSA) is 39.4 Å². The Hall–Kier alpha value is -0.900. The third-order valence-corrected chi connectivity index (χ3v) is 2.73. The minimum absolute atomic E-state index is 0.139. The Morgan fingerprint density at radius 1 is 1.60 bits per heavy atom. The van der Waals surface area contributed by atoms with Gasteiger partial charge in [-0.25, -0.2) is 0 Å². The summed E-state index contributed by atoms with van der Waals surface area (Å²) in [5.74, 6) is 1.86. The fraction of sp³-hybridized carbons (Fsp3) is 0.545. The molecule has 0 amide bonds. The molecule has 1 aromatic rings. The molecule has 0 fully saturated rings.